The monoisotopic (exact) mass is 582 g/mol. The maximum absolute atomic E-state index is 14.4. The molecule has 0 aliphatic carbocycles. The van der Waals surface area contributed by atoms with Gasteiger partial charge in [-0.05, 0) is 35.9 Å². The van der Waals surface area contributed by atoms with Crippen molar-refractivity contribution in [3.8, 4) is 5.75 Å². The zero-order valence-corrected chi connectivity index (χ0v) is 24.0. The van der Waals surface area contributed by atoms with Gasteiger partial charge >= 0.3 is 0 Å². The molecule has 2 aliphatic rings. The minimum Gasteiger partial charge on any atom is -0.494 e. The number of nitrogens with two attached hydrogens (primary N) is 1. The fourth-order valence-electron chi connectivity index (χ4n) is 5.26. The summed E-state index contributed by atoms with van der Waals surface area (Å²) in [7, 11) is 1.61. The van der Waals surface area contributed by atoms with Crippen LogP contribution in [0.4, 0.5) is 21.5 Å². The molecule has 218 valence electrons. The molecule has 2 saturated heterocycles. The van der Waals surface area contributed by atoms with Crippen molar-refractivity contribution in [2.75, 3.05) is 82.9 Å². The number of rotatable bonds is 10. The van der Waals surface area contributed by atoms with Crippen LogP contribution in [0.1, 0.15) is 21.6 Å². The third kappa shape index (κ3) is 7.26. The Hall–Kier alpha value is -3.44. The van der Waals surface area contributed by atoms with E-state index in [2.05, 4.69) is 25.0 Å². The zero-order chi connectivity index (χ0) is 28.8. The summed E-state index contributed by atoms with van der Waals surface area (Å²) in [6.45, 7) is 9.68. The second-order valence-electron chi connectivity index (χ2n) is 10.3. The van der Waals surface area contributed by atoms with Crippen LogP contribution in [0.15, 0.2) is 48.7 Å². The minimum atomic E-state index is -0.676. The molecule has 0 bridgehead atoms. The van der Waals surface area contributed by atoms with Gasteiger partial charge in [0, 0.05) is 87.3 Å². The van der Waals surface area contributed by atoms with Crippen molar-refractivity contribution >= 4 is 34.6 Å². The molecule has 11 heteroatoms. The number of nitrogens with zero attached hydrogens (tertiary/aromatic N) is 4. The molecule has 3 N–H and O–H groups in total. The molecule has 2 fully saturated rings. The maximum atomic E-state index is 14.4. The Morgan fingerprint density at radius 3 is 2.46 bits per heavy atom. The number of benzene rings is 2. The van der Waals surface area contributed by atoms with E-state index >= 15 is 0 Å². The van der Waals surface area contributed by atoms with Crippen LogP contribution in [0.2, 0.25) is 5.02 Å². The molecule has 3 heterocycles. The topological polar surface area (TPSA) is 96.2 Å². The fourth-order valence-corrected chi connectivity index (χ4v) is 5.49. The Kier molecular flexibility index (Phi) is 9.56. The van der Waals surface area contributed by atoms with Crippen molar-refractivity contribution in [1.82, 2.24) is 14.8 Å². The number of anilines is 3. The van der Waals surface area contributed by atoms with Gasteiger partial charge in [0.05, 0.1) is 31.7 Å². The second kappa shape index (κ2) is 13.5. The van der Waals surface area contributed by atoms with E-state index in [4.69, 9.17) is 26.8 Å². The molecular weight excluding hydrogens is 547 g/mol. The van der Waals surface area contributed by atoms with Crippen molar-refractivity contribution in [2.45, 2.75) is 6.42 Å². The van der Waals surface area contributed by atoms with E-state index in [1.165, 1.54) is 12.3 Å². The minimum absolute atomic E-state index is 0.0766. The second-order valence-corrected chi connectivity index (χ2v) is 10.7. The average molecular weight is 583 g/mol. The molecule has 1 amide bonds. The summed E-state index contributed by atoms with van der Waals surface area (Å²) in [6, 6.07) is 12.3. The fraction of sp³-hybridized carbons (Fsp3) is 0.400. The van der Waals surface area contributed by atoms with E-state index in [1.807, 2.05) is 18.2 Å². The number of methoxy groups -OCH3 is 1. The molecule has 0 saturated carbocycles. The molecule has 1 aromatic heterocycles. The highest BCUT2D eigenvalue weighted by Gasteiger charge is 2.21. The Bertz CT molecular complexity index is 1340. The number of amides is 1. The summed E-state index contributed by atoms with van der Waals surface area (Å²) < 4.78 is 25.6. The molecule has 3 aromatic rings. The first-order chi connectivity index (χ1) is 19.9. The van der Waals surface area contributed by atoms with Gasteiger partial charge < -0.3 is 25.4 Å². The Labute approximate surface area is 245 Å². The van der Waals surface area contributed by atoms with Gasteiger partial charge in [-0.3, -0.25) is 14.6 Å². The van der Waals surface area contributed by atoms with Crippen LogP contribution < -0.4 is 20.7 Å². The molecule has 0 atom stereocenters. The molecule has 0 spiro atoms. The van der Waals surface area contributed by atoms with Gasteiger partial charge in [0.15, 0.2) is 5.69 Å². The van der Waals surface area contributed by atoms with Crippen molar-refractivity contribution in [2.24, 2.45) is 5.73 Å². The van der Waals surface area contributed by atoms with Gasteiger partial charge in [-0.1, -0.05) is 17.7 Å². The Morgan fingerprint density at radius 1 is 1.05 bits per heavy atom. The van der Waals surface area contributed by atoms with Gasteiger partial charge in [0.1, 0.15) is 11.6 Å². The van der Waals surface area contributed by atoms with Gasteiger partial charge in [-0.2, -0.15) is 0 Å². The summed E-state index contributed by atoms with van der Waals surface area (Å²) in [5.41, 5.74) is 8.85. The number of halogens is 2. The van der Waals surface area contributed by atoms with Crippen molar-refractivity contribution < 1.29 is 18.7 Å². The van der Waals surface area contributed by atoms with Crippen LogP contribution >= 0.6 is 11.6 Å². The lowest BCUT2D eigenvalue weighted by Crippen LogP contribution is -2.49. The summed E-state index contributed by atoms with van der Waals surface area (Å²) in [4.78, 5) is 23.8. The highest BCUT2D eigenvalue weighted by molar-refractivity contribution is 6.31. The molecule has 41 heavy (non-hydrogen) atoms. The van der Waals surface area contributed by atoms with Crippen LogP contribution in [-0.2, 0) is 11.2 Å². The lowest BCUT2D eigenvalue weighted by Gasteiger charge is -2.37. The number of morpholine rings is 1. The zero-order valence-electron chi connectivity index (χ0n) is 23.2. The van der Waals surface area contributed by atoms with Crippen LogP contribution in [0.5, 0.6) is 5.75 Å². The van der Waals surface area contributed by atoms with Crippen molar-refractivity contribution in [3.05, 3.63) is 76.3 Å². The SMILES string of the molecule is COc1cc(N2CCN(CCN3CCOCC3)CC2)ccc1Nc1cc(Cc2c(F)cccc2Cl)cnc1C(N)=O. The van der Waals surface area contributed by atoms with E-state index in [9.17, 15) is 9.18 Å². The number of hydrogen-bond donors (Lipinski definition) is 2. The summed E-state index contributed by atoms with van der Waals surface area (Å²) >= 11 is 6.23. The molecular formula is C30H36ClFN6O3. The predicted octanol–water partition coefficient (Wildman–Crippen LogP) is 3.77. The highest BCUT2D eigenvalue weighted by atomic mass is 35.5. The first kappa shape index (κ1) is 29.1. The molecule has 2 aliphatic heterocycles. The van der Waals surface area contributed by atoms with Crippen molar-refractivity contribution in [1.29, 1.82) is 0 Å². The van der Waals surface area contributed by atoms with E-state index in [-0.39, 0.29) is 12.1 Å². The lowest BCUT2D eigenvalue weighted by atomic mass is 10.0. The van der Waals surface area contributed by atoms with Crippen molar-refractivity contribution in [3.63, 3.8) is 0 Å². The Morgan fingerprint density at radius 2 is 1.78 bits per heavy atom. The normalized spacial score (nSPS) is 16.5. The maximum Gasteiger partial charge on any atom is 0.269 e. The van der Waals surface area contributed by atoms with E-state index in [0.29, 0.717) is 33.3 Å². The summed E-state index contributed by atoms with van der Waals surface area (Å²) in [6.07, 6.45) is 1.72. The highest BCUT2D eigenvalue weighted by Crippen LogP contribution is 2.34. The third-order valence-electron chi connectivity index (χ3n) is 7.65. The van der Waals surface area contributed by atoms with E-state index < -0.39 is 11.7 Å². The van der Waals surface area contributed by atoms with Gasteiger partial charge in [-0.25, -0.2) is 9.37 Å². The van der Waals surface area contributed by atoms with Crippen LogP contribution in [0.3, 0.4) is 0 Å². The number of pyridine rings is 1. The largest absolute Gasteiger partial charge is 0.494 e. The number of primary amides is 1. The number of aromatic nitrogens is 1. The number of ether oxygens (including phenoxy) is 2. The predicted molar refractivity (Wildman–Crippen MR) is 159 cm³/mol. The van der Waals surface area contributed by atoms with Gasteiger partial charge in [0.25, 0.3) is 5.91 Å². The first-order valence-corrected chi connectivity index (χ1v) is 14.2. The number of piperazine rings is 1. The number of nitrogens with one attached hydrogen (secondary N) is 1. The third-order valence-corrected chi connectivity index (χ3v) is 8.00. The van der Waals surface area contributed by atoms with Gasteiger partial charge in [0.2, 0.25) is 0 Å². The quantitative estimate of drug-likeness (QED) is 0.373. The van der Waals surface area contributed by atoms with E-state index in [1.54, 1.807) is 25.3 Å². The smallest absolute Gasteiger partial charge is 0.269 e. The van der Waals surface area contributed by atoms with Gasteiger partial charge in [-0.15, -0.1) is 0 Å². The number of carbonyl (C=O) groups is 1. The number of hydrogen-bond acceptors (Lipinski definition) is 8. The van der Waals surface area contributed by atoms with Crippen LogP contribution in [0, 0.1) is 5.82 Å². The van der Waals surface area contributed by atoms with Crippen LogP contribution in [0.25, 0.3) is 0 Å². The molecule has 5 rings (SSSR count). The molecule has 9 nitrogen and oxygen atoms in total. The molecule has 0 unspecified atom stereocenters. The average Bonchev–Trinajstić information content (AvgIpc) is 2.99. The standard InChI is InChI=1S/C30H36ClFN6O3/c1-40-28-19-22(38-11-9-36(10-12-38)7-8-37-13-15-41-16-14-37)5-6-26(28)35-27-18-21(20-34-29(27)30(33)39)17-23-24(31)3-2-4-25(23)32/h2-6,18-20,35H,7-17H2,1H3,(H2,33,39). The first-order valence-electron chi connectivity index (χ1n) is 13.9. The summed E-state index contributed by atoms with van der Waals surface area (Å²) in [5.74, 6) is -0.457. The van der Waals surface area contributed by atoms with Crippen LogP contribution in [-0.4, -0.2) is 93.4 Å². The molecule has 0 radical (unpaired) electrons. The summed E-state index contributed by atoms with van der Waals surface area (Å²) in [5, 5.41) is 3.59. The van der Waals surface area contributed by atoms with E-state index in [0.717, 1.165) is 71.3 Å². The Balaban J connectivity index is 1.27. The number of carbonyl (C=O) groups excluding carboxylic acids is 1. The molecule has 2 aromatic carbocycles. The lowest BCUT2D eigenvalue weighted by molar-refractivity contribution is 0.0331.